The molecule has 1 atom stereocenters. The minimum atomic E-state index is -0.572. The van der Waals surface area contributed by atoms with Crippen molar-refractivity contribution < 1.29 is 4.79 Å². The Morgan fingerprint density at radius 2 is 1.94 bits per heavy atom. The molecule has 92 valence electrons. The Labute approximate surface area is 107 Å². The van der Waals surface area contributed by atoms with Crippen LogP contribution in [0.5, 0.6) is 0 Å². The van der Waals surface area contributed by atoms with Gasteiger partial charge in [-0.3, -0.25) is 4.79 Å². The second-order valence-corrected chi connectivity index (χ2v) is 5.11. The summed E-state index contributed by atoms with van der Waals surface area (Å²) in [5.41, 5.74) is 0.859. The summed E-state index contributed by atoms with van der Waals surface area (Å²) < 4.78 is 0. The number of alkyl halides is 1. The van der Waals surface area contributed by atoms with Crippen LogP contribution in [0.4, 0.5) is 0 Å². The third-order valence-corrected chi connectivity index (χ3v) is 3.81. The van der Waals surface area contributed by atoms with E-state index in [0.717, 1.165) is 12.1 Å². The Bertz CT molecular complexity index is 360. The van der Waals surface area contributed by atoms with Crippen molar-refractivity contribution in [1.29, 1.82) is 0 Å². The summed E-state index contributed by atoms with van der Waals surface area (Å²) in [6.45, 7) is 0.773. The summed E-state index contributed by atoms with van der Waals surface area (Å²) in [5.74, 6) is 0.573. The number of carbonyl (C=O) groups is 1. The van der Waals surface area contributed by atoms with Gasteiger partial charge in [-0.15, -0.1) is 11.6 Å². The van der Waals surface area contributed by atoms with Crippen LogP contribution in [-0.2, 0) is 4.79 Å². The van der Waals surface area contributed by atoms with Gasteiger partial charge in [-0.05, 0) is 24.3 Å². The lowest BCUT2D eigenvalue weighted by Crippen LogP contribution is -2.31. The highest BCUT2D eigenvalue weighted by Gasteiger charge is 2.20. The standard InChI is InChI=1S/C14H18ClNO/c15-13(12-8-2-1-3-9-12)14(17)16-10-11-6-4-5-7-11/h1-3,8-9,11,13H,4-7,10H2,(H,16,17). The number of halogens is 1. The van der Waals surface area contributed by atoms with E-state index < -0.39 is 5.38 Å². The number of hydrogen-bond donors (Lipinski definition) is 1. The Morgan fingerprint density at radius 3 is 2.59 bits per heavy atom. The van der Waals surface area contributed by atoms with Crippen LogP contribution in [0.2, 0.25) is 0 Å². The van der Waals surface area contributed by atoms with E-state index in [1.165, 1.54) is 25.7 Å². The molecule has 1 fully saturated rings. The zero-order chi connectivity index (χ0) is 12.1. The first-order valence-electron chi connectivity index (χ1n) is 6.24. The van der Waals surface area contributed by atoms with E-state index in [1.54, 1.807) is 0 Å². The van der Waals surface area contributed by atoms with Crippen molar-refractivity contribution in [2.24, 2.45) is 5.92 Å². The molecule has 1 N–H and O–H groups in total. The molecule has 3 heteroatoms. The largest absolute Gasteiger partial charge is 0.354 e. The van der Waals surface area contributed by atoms with Gasteiger partial charge in [0.15, 0.2) is 0 Å². The van der Waals surface area contributed by atoms with Gasteiger partial charge >= 0.3 is 0 Å². The Kier molecular flexibility index (Phi) is 4.43. The second-order valence-electron chi connectivity index (χ2n) is 4.67. The van der Waals surface area contributed by atoms with Gasteiger partial charge in [0.2, 0.25) is 5.91 Å². The summed E-state index contributed by atoms with van der Waals surface area (Å²) in [6.07, 6.45) is 5.06. The molecular weight excluding hydrogens is 234 g/mol. The predicted molar refractivity (Wildman–Crippen MR) is 70.0 cm³/mol. The molecule has 0 bridgehead atoms. The Balaban J connectivity index is 1.83. The maximum absolute atomic E-state index is 11.9. The highest BCUT2D eigenvalue weighted by molar-refractivity contribution is 6.30. The molecule has 1 aliphatic carbocycles. The van der Waals surface area contributed by atoms with E-state index in [-0.39, 0.29) is 5.91 Å². The van der Waals surface area contributed by atoms with Gasteiger partial charge in [0.1, 0.15) is 5.38 Å². The number of amides is 1. The van der Waals surface area contributed by atoms with Crippen LogP contribution in [0.3, 0.4) is 0 Å². The van der Waals surface area contributed by atoms with Crippen molar-refractivity contribution >= 4 is 17.5 Å². The van der Waals surface area contributed by atoms with Gasteiger partial charge in [0.25, 0.3) is 0 Å². The van der Waals surface area contributed by atoms with Gasteiger partial charge in [0.05, 0.1) is 0 Å². The average Bonchev–Trinajstić information content (AvgIpc) is 2.89. The first kappa shape index (κ1) is 12.4. The van der Waals surface area contributed by atoms with Gasteiger partial charge < -0.3 is 5.32 Å². The lowest BCUT2D eigenvalue weighted by Gasteiger charge is -2.13. The molecular formula is C14H18ClNO. The van der Waals surface area contributed by atoms with E-state index in [1.807, 2.05) is 30.3 Å². The summed E-state index contributed by atoms with van der Waals surface area (Å²) >= 11 is 6.13. The van der Waals surface area contributed by atoms with Crippen LogP contribution >= 0.6 is 11.6 Å². The zero-order valence-corrected chi connectivity index (χ0v) is 10.6. The van der Waals surface area contributed by atoms with Crippen molar-refractivity contribution in [3.8, 4) is 0 Å². The van der Waals surface area contributed by atoms with Crippen molar-refractivity contribution in [3.63, 3.8) is 0 Å². The number of hydrogen-bond acceptors (Lipinski definition) is 1. The van der Waals surface area contributed by atoms with E-state index in [9.17, 15) is 4.79 Å². The van der Waals surface area contributed by atoms with Crippen LogP contribution in [0.1, 0.15) is 36.6 Å². The van der Waals surface area contributed by atoms with Gasteiger partial charge in [-0.2, -0.15) is 0 Å². The highest BCUT2D eigenvalue weighted by atomic mass is 35.5. The van der Waals surface area contributed by atoms with E-state index in [4.69, 9.17) is 11.6 Å². The maximum Gasteiger partial charge on any atom is 0.242 e. The Hall–Kier alpha value is -1.02. The molecule has 0 aromatic heterocycles. The molecule has 1 aromatic rings. The van der Waals surface area contributed by atoms with Crippen LogP contribution in [0, 0.1) is 5.92 Å². The third-order valence-electron chi connectivity index (χ3n) is 3.36. The summed E-state index contributed by atoms with van der Waals surface area (Å²) in [6, 6.07) is 9.48. The minimum absolute atomic E-state index is 0.0789. The van der Waals surface area contributed by atoms with E-state index in [2.05, 4.69) is 5.32 Å². The van der Waals surface area contributed by atoms with Crippen LogP contribution < -0.4 is 5.32 Å². The lowest BCUT2D eigenvalue weighted by atomic mass is 10.1. The van der Waals surface area contributed by atoms with Crippen molar-refractivity contribution in [2.45, 2.75) is 31.1 Å². The maximum atomic E-state index is 11.9. The van der Waals surface area contributed by atoms with E-state index >= 15 is 0 Å². The van der Waals surface area contributed by atoms with Gasteiger partial charge in [-0.25, -0.2) is 0 Å². The minimum Gasteiger partial charge on any atom is -0.354 e. The topological polar surface area (TPSA) is 29.1 Å². The molecule has 2 nitrogen and oxygen atoms in total. The SMILES string of the molecule is O=C(NCC1CCCC1)C(Cl)c1ccccc1. The average molecular weight is 252 g/mol. The molecule has 2 rings (SSSR count). The van der Waals surface area contributed by atoms with Gasteiger partial charge in [-0.1, -0.05) is 43.2 Å². The van der Waals surface area contributed by atoms with Crippen LogP contribution in [0.25, 0.3) is 0 Å². The number of nitrogens with one attached hydrogen (secondary N) is 1. The molecule has 1 amide bonds. The zero-order valence-electron chi connectivity index (χ0n) is 9.86. The fraction of sp³-hybridized carbons (Fsp3) is 0.500. The number of benzene rings is 1. The van der Waals surface area contributed by atoms with Crippen LogP contribution in [0.15, 0.2) is 30.3 Å². The third kappa shape index (κ3) is 3.47. The second kappa shape index (κ2) is 6.06. The summed E-state index contributed by atoms with van der Waals surface area (Å²) in [5, 5.41) is 2.38. The fourth-order valence-corrected chi connectivity index (χ4v) is 2.55. The molecule has 0 saturated heterocycles. The van der Waals surface area contributed by atoms with Crippen molar-refractivity contribution in [1.82, 2.24) is 5.32 Å². The predicted octanol–water partition coefficient (Wildman–Crippen LogP) is 3.27. The Morgan fingerprint density at radius 1 is 1.29 bits per heavy atom. The highest BCUT2D eigenvalue weighted by Crippen LogP contribution is 2.24. The normalized spacial score (nSPS) is 17.9. The summed E-state index contributed by atoms with van der Waals surface area (Å²) in [4.78, 5) is 11.9. The molecule has 0 heterocycles. The molecule has 1 saturated carbocycles. The first-order valence-corrected chi connectivity index (χ1v) is 6.68. The lowest BCUT2D eigenvalue weighted by molar-refractivity contribution is -0.121. The van der Waals surface area contributed by atoms with Gasteiger partial charge in [0, 0.05) is 6.54 Å². The van der Waals surface area contributed by atoms with Crippen molar-refractivity contribution in [2.75, 3.05) is 6.54 Å². The molecule has 0 spiro atoms. The molecule has 1 aromatic carbocycles. The molecule has 0 aliphatic heterocycles. The summed E-state index contributed by atoms with van der Waals surface area (Å²) in [7, 11) is 0. The molecule has 0 radical (unpaired) electrons. The molecule has 1 unspecified atom stereocenters. The van der Waals surface area contributed by atoms with Crippen molar-refractivity contribution in [3.05, 3.63) is 35.9 Å². The fourth-order valence-electron chi connectivity index (χ4n) is 2.32. The molecule has 1 aliphatic rings. The smallest absolute Gasteiger partial charge is 0.242 e. The number of rotatable bonds is 4. The van der Waals surface area contributed by atoms with Crippen LogP contribution in [-0.4, -0.2) is 12.5 Å². The quantitative estimate of drug-likeness (QED) is 0.818. The number of carbonyl (C=O) groups excluding carboxylic acids is 1. The monoisotopic (exact) mass is 251 g/mol. The first-order chi connectivity index (χ1) is 8.27. The molecule has 17 heavy (non-hydrogen) atoms. The van der Waals surface area contributed by atoms with E-state index in [0.29, 0.717) is 5.92 Å².